The Morgan fingerprint density at radius 3 is 1.89 bits per heavy atom. The van der Waals surface area contributed by atoms with Gasteiger partial charge in [-0.1, -0.05) is 20.8 Å². The van der Waals surface area contributed by atoms with Crippen LogP contribution in [0.4, 0.5) is 0 Å². The topological polar surface area (TPSA) is 27.7 Å². The summed E-state index contributed by atoms with van der Waals surface area (Å²) < 4.78 is 17.4. The Labute approximate surface area is 115 Å². The van der Waals surface area contributed by atoms with Crippen LogP contribution in [0.5, 0.6) is 0 Å². The van der Waals surface area contributed by atoms with Crippen molar-refractivity contribution in [2.45, 2.75) is 65.5 Å². The molecule has 0 atom stereocenters. The summed E-state index contributed by atoms with van der Waals surface area (Å²) in [7, 11) is -3.45. The zero-order valence-electron chi connectivity index (χ0n) is 13.5. The van der Waals surface area contributed by atoms with Gasteiger partial charge in [-0.3, -0.25) is 0 Å². The summed E-state index contributed by atoms with van der Waals surface area (Å²) in [6, 6.07) is 0. The van der Waals surface area contributed by atoms with Crippen molar-refractivity contribution in [2.24, 2.45) is 0 Å². The first kappa shape index (κ1) is 17.6. The molecule has 0 spiro atoms. The van der Waals surface area contributed by atoms with Gasteiger partial charge >= 0.3 is 0 Å². The first-order valence-electron chi connectivity index (χ1n) is 6.59. The van der Waals surface area contributed by atoms with Crippen LogP contribution in [0.3, 0.4) is 0 Å². The molecule has 0 saturated heterocycles. The smallest absolute Gasteiger partial charge is 0.300 e. The quantitative estimate of drug-likeness (QED) is 0.524. The van der Waals surface area contributed by atoms with Gasteiger partial charge in [0.2, 0.25) is 16.6 Å². The summed E-state index contributed by atoms with van der Waals surface area (Å²) in [5.74, 6) is 0.529. The Bertz CT molecular complexity index is 286. The Morgan fingerprint density at radius 1 is 1.06 bits per heavy atom. The minimum atomic E-state index is -1.79. The van der Waals surface area contributed by atoms with Crippen LogP contribution in [0, 0.1) is 0 Å². The molecule has 0 amide bonds. The molecule has 0 radical (unpaired) electrons. The van der Waals surface area contributed by atoms with E-state index in [1.54, 1.807) is 6.26 Å². The molecule has 0 rings (SSSR count). The molecule has 0 aromatic heterocycles. The van der Waals surface area contributed by atoms with Crippen LogP contribution < -0.4 is 0 Å². The van der Waals surface area contributed by atoms with Gasteiger partial charge in [0, 0.05) is 0 Å². The van der Waals surface area contributed by atoms with E-state index in [0.29, 0.717) is 12.6 Å². The minimum absolute atomic E-state index is 0.181. The highest BCUT2D eigenvalue weighted by molar-refractivity contribution is 6.74. The third kappa shape index (κ3) is 6.49. The maximum atomic E-state index is 6.00. The van der Waals surface area contributed by atoms with Gasteiger partial charge in [-0.25, -0.2) is 0 Å². The normalized spacial score (nSPS) is 14.4. The molecule has 0 aromatic carbocycles. The minimum Gasteiger partial charge on any atom is -0.544 e. The molecule has 0 aliphatic carbocycles. The summed E-state index contributed by atoms with van der Waals surface area (Å²) in [5, 5.41) is 0.181. The largest absolute Gasteiger partial charge is 0.544 e. The van der Waals surface area contributed by atoms with Gasteiger partial charge in [0.15, 0.2) is 0 Å². The molecule has 5 heteroatoms. The van der Waals surface area contributed by atoms with E-state index >= 15 is 0 Å². The Hall–Kier alpha value is -0.426. The fourth-order valence-electron chi connectivity index (χ4n) is 0.904. The molecular weight excluding hydrogens is 260 g/mol. The van der Waals surface area contributed by atoms with Gasteiger partial charge < -0.3 is 13.6 Å². The highest BCUT2D eigenvalue weighted by Crippen LogP contribution is 2.36. The third-order valence-corrected chi connectivity index (χ3v) is 8.08. The van der Waals surface area contributed by atoms with E-state index in [2.05, 4.69) is 53.5 Å². The van der Waals surface area contributed by atoms with Crippen molar-refractivity contribution >= 4 is 16.6 Å². The zero-order chi connectivity index (χ0) is 14.6. The molecule has 0 fully saturated rings. The second kappa shape index (κ2) is 6.15. The maximum Gasteiger partial charge on any atom is 0.300 e. The first-order chi connectivity index (χ1) is 7.89. The van der Waals surface area contributed by atoms with Gasteiger partial charge in [0.1, 0.15) is 6.26 Å². The summed E-state index contributed by atoms with van der Waals surface area (Å²) in [6.45, 7) is 20.0. The lowest BCUT2D eigenvalue weighted by Gasteiger charge is -2.35. The van der Waals surface area contributed by atoms with Gasteiger partial charge in [-0.05, 0) is 44.7 Å². The molecular formula is C13H30O3Si2. The maximum absolute atomic E-state index is 6.00. The van der Waals surface area contributed by atoms with Gasteiger partial charge in [-0.15, -0.1) is 0 Å². The van der Waals surface area contributed by atoms with Crippen LogP contribution in [0.1, 0.15) is 27.7 Å². The number of rotatable bonds is 6. The summed E-state index contributed by atoms with van der Waals surface area (Å²) in [4.78, 5) is 0. The van der Waals surface area contributed by atoms with Crippen LogP contribution in [-0.4, -0.2) is 23.2 Å². The van der Waals surface area contributed by atoms with Crippen molar-refractivity contribution in [1.29, 1.82) is 0 Å². The first-order valence-corrected chi connectivity index (χ1v) is 12.9. The Kier molecular flexibility index (Phi) is 6.00. The molecule has 108 valence electrons. The summed E-state index contributed by atoms with van der Waals surface area (Å²) in [5.41, 5.74) is 0. The van der Waals surface area contributed by atoms with E-state index in [1.807, 2.05) is 6.92 Å². The second-order valence-electron chi connectivity index (χ2n) is 6.96. The zero-order valence-corrected chi connectivity index (χ0v) is 15.5. The van der Waals surface area contributed by atoms with Crippen LogP contribution in [-0.2, 0) is 13.6 Å². The molecule has 0 heterocycles. The van der Waals surface area contributed by atoms with E-state index in [-0.39, 0.29) is 5.04 Å². The van der Waals surface area contributed by atoms with Crippen LogP contribution in [0.15, 0.2) is 12.2 Å². The lowest BCUT2D eigenvalue weighted by atomic mass is 10.2. The van der Waals surface area contributed by atoms with E-state index in [9.17, 15) is 0 Å². The number of hydrogen-bond donors (Lipinski definition) is 0. The van der Waals surface area contributed by atoms with E-state index in [0.717, 1.165) is 0 Å². The highest BCUT2D eigenvalue weighted by Gasteiger charge is 2.38. The van der Waals surface area contributed by atoms with E-state index < -0.39 is 16.6 Å². The van der Waals surface area contributed by atoms with Crippen molar-refractivity contribution < 1.29 is 13.6 Å². The van der Waals surface area contributed by atoms with Crippen molar-refractivity contribution in [1.82, 2.24) is 0 Å². The summed E-state index contributed by atoms with van der Waals surface area (Å²) >= 11 is 0. The molecule has 0 unspecified atom stereocenters. The highest BCUT2D eigenvalue weighted by atomic mass is 28.4. The molecule has 0 saturated carbocycles. The second-order valence-corrected chi connectivity index (χ2v) is 16.1. The molecule has 0 bridgehead atoms. The summed E-state index contributed by atoms with van der Waals surface area (Å²) in [6.07, 6.45) is 1.68. The van der Waals surface area contributed by atoms with Gasteiger partial charge in [0.25, 0.3) is 5.95 Å². The van der Waals surface area contributed by atoms with Crippen molar-refractivity contribution in [2.75, 3.05) is 6.61 Å². The monoisotopic (exact) mass is 290 g/mol. The average molecular weight is 291 g/mol. The number of hydrogen-bond acceptors (Lipinski definition) is 3. The van der Waals surface area contributed by atoms with Gasteiger partial charge in [-0.2, -0.15) is 0 Å². The van der Waals surface area contributed by atoms with E-state index in [1.165, 1.54) is 0 Å². The van der Waals surface area contributed by atoms with Crippen LogP contribution in [0.2, 0.25) is 37.8 Å². The fourth-order valence-corrected chi connectivity index (χ4v) is 2.36. The average Bonchev–Trinajstić information content (AvgIpc) is 2.10. The molecule has 18 heavy (non-hydrogen) atoms. The van der Waals surface area contributed by atoms with Crippen molar-refractivity contribution in [3.05, 3.63) is 12.2 Å². The van der Waals surface area contributed by atoms with Gasteiger partial charge in [0.05, 0.1) is 6.61 Å². The SMILES string of the molecule is CCO/C(=C\O[Si](C)(C)C(C)(C)C)O[Si](C)(C)C. The Morgan fingerprint density at radius 2 is 1.56 bits per heavy atom. The van der Waals surface area contributed by atoms with Crippen LogP contribution >= 0.6 is 0 Å². The standard InChI is InChI=1S/C13H30O3Si2/c1-10-14-12(16-17(5,6)7)11-15-18(8,9)13(2,3)4/h11H,10H2,1-9H3/b12-11+. The lowest BCUT2D eigenvalue weighted by molar-refractivity contribution is 0.101. The molecule has 0 aliphatic rings. The molecule has 0 aromatic rings. The molecule has 3 nitrogen and oxygen atoms in total. The molecule has 0 aliphatic heterocycles. The Balaban J connectivity index is 4.78. The molecule has 0 N–H and O–H groups in total. The van der Waals surface area contributed by atoms with E-state index in [4.69, 9.17) is 13.6 Å². The predicted octanol–water partition coefficient (Wildman–Crippen LogP) is 4.70. The lowest BCUT2D eigenvalue weighted by Crippen LogP contribution is -2.39. The van der Waals surface area contributed by atoms with Crippen LogP contribution in [0.25, 0.3) is 0 Å². The fraction of sp³-hybridized carbons (Fsp3) is 0.846. The predicted molar refractivity (Wildman–Crippen MR) is 82.4 cm³/mol. The number of ether oxygens (including phenoxy) is 1. The third-order valence-electron chi connectivity index (χ3n) is 2.95. The van der Waals surface area contributed by atoms with Crippen molar-refractivity contribution in [3.63, 3.8) is 0 Å². The van der Waals surface area contributed by atoms with Crippen molar-refractivity contribution in [3.8, 4) is 0 Å².